The van der Waals surface area contributed by atoms with E-state index in [0.717, 1.165) is 47.4 Å². The van der Waals surface area contributed by atoms with Gasteiger partial charge in [-0.05, 0) is 57.0 Å². The third-order valence-corrected chi connectivity index (χ3v) is 7.64. The van der Waals surface area contributed by atoms with Crippen LogP contribution in [0.15, 0.2) is 47.5 Å². The van der Waals surface area contributed by atoms with Crippen molar-refractivity contribution in [2.75, 3.05) is 13.2 Å². The van der Waals surface area contributed by atoms with E-state index in [2.05, 4.69) is 42.5 Å². The number of nitrogens with zero attached hydrogens (tertiary/aromatic N) is 3. The van der Waals surface area contributed by atoms with E-state index in [1.54, 1.807) is 6.92 Å². The normalized spacial score (nSPS) is 16.6. The van der Waals surface area contributed by atoms with Crippen molar-refractivity contribution in [1.29, 1.82) is 0 Å². The van der Waals surface area contributed by atoms with Crippen molar-refractivity contribution in [3.05, 3.63) is 54.0 Å². The molecule has 1 aromatic carbocycles. The minimum atomic E-state index is -0.860. The Morgan fingerprint density at radius 2 is 1.97 bits per heavy atom. The molecule has 0 unspecified atom stereocenters. The molecule has 3 heterocycles. The highest BCUT2D eigenvalue weighted by Gasteiger charge is 2.29. The topological polar surface area (TPSA) is 67.6 Å². The van der Waals surface area contributed by atoms with Crippen LogP contribution in [0.5, 0.6) is 5.75 Å². The SMILES string of the molecule is CC(=O)N1CCC[C@@H]1COc1ccc2c(c1)c(SC(C)(C)C)c(CC(C)(C)O)n2Cc1ccccn1. The molecule has 36 heavy (non-hydrogen) atoms. The van der Waals surface area contributed by atoms with Gasteiger partial charge >= 0.3 is 0 Å². The Kier molecular flexibility index (Phi) is 7.72. The number of carbonyl (C=O) groups excluding carboxylic acids is 1. The van der Waals surface area contributed by atoms with Crippen LogP contribution < -0.4 is 4.74 Å². The molecule has 0 radical (unpaired) electrons. The number of carbonyl (C=O) groups is 1. The zero-order valence-electron chi connectivity index (χ0n) is 22.4. The zero-order valence-corrected chi connectivity index (χ0v) is 23.2. The number of aliphatic hydroxyl groups is 1. The molecule has 7 heteroatoms. The lowest BCUT2D eigenvalue weighted by molar-refractivity contribution is -0.130. The predicted molar refractivity (Wildman–Crippen MR) is 147 cm³/mol. The third kappa shape index (κ3) is 6.43. The number of thioether (sulfide) groups is 1. The number of ether oxygens (including phenoxy) is 1. The van der Waals surface area contributed by atoms with Crippen LogP contribution in [0.3, 0.4) is 0 Å². The minimum absolute atomic E-state index is 0.0127. The van der Waals surface area contributed by atoms with Crippen LogP contribution in [-0.4, -0.2) is 55.0 Å². The summed E-state index contributed by atoms with van der Waals surface area (Å²) in [4.78, 5) is 19.6. The first-order valence-electron chi connectivity index (χ1n) is 12.8. The van der Waals surface area contributed by atoms with E-state index in [4.69, 9.17) is 4.74 Å². The van der Waals surface area contributed by atoms with Gasteiger partial charge in [0.15, 0.2) is 0 Å². The molecule has 0 spiro atoms. The molecule has 1 atom stereocenters. The number of pyridine rings is 1. The summed E-state index contributed by atoms with van der Waals surface area (Å²) in [5.74, 6) is 0.918. The fourth-order valence-electron chi connectivity index (χ4n) is 4.90. The average molecular weight is 510 g/mol. The molecule has 0 bridgehead atoms. The summed E-state index contributed by atoms with van der Waals surface area (Å²) in [5, 5.41) is 12.0. The number of likely N-dealkylation sites (tertiary alicyclic amines) is 1. The van der Waals surface area contributed by atoms with Crippen LogP contribution in [-0.2, 0) is 17.8 Å². The van der Waals surface area contributed by atoms with Crippen LogP contribution in [0.2, 0.25) is 0 Å². The molecule has 0 saturated carbocycles. The van der Waals surface area contributed by atoms with Gasteiger partial charge in [-0.3, -0.25) is 9.78 Å². The lowest BCUT2D eigenvalue weighted by atomic mass is 10.0. The van der Waals surface area contributed by atoms with Crippen LogP contribution in [0, 0.1) is 0 Å². The molecule has 4 rings (SSSR count). The summed E-state index contributed by atoms with van der Waals surface area (Å²) < 4.78 is 8.54. The standard InChI is InChI=1S/C29H39N3O3S/c1-20(33)31-15-9-11-22(31)19-35-23-12-13-25-24(16-23)27(36-28(2,3)4)26(17-29(5,6)34)32(25)18-21-10-7-8-14-30-21/h7-8,10,12-14,16,22,34H,9,11,15,17-19H2,1-6H3/t22-/m1/s1. The average Bonchev–Trinajstić information content (AvgIpc) is 3.36. The maximum atomic E-state index is 12.0. The highest BCUT2D eigenvalue weighted by atomic mass is 32.2. The Bertz CT molecular complexity index is 1210. The highest BCUT2D eigenvalue weighted by Crippen LogP contribution is 2.43. The second-order valence-electron chi connectivity index (χ2n) is 11.4. The van der Waals surface area contributed by atoms with Crippen molar-refractivity contribution < 1.29 is 14.6 Å². The smallest absolute Gasteiger partial charge is 0.219 e. The molecule has 3 aromatic rings. The largest absolute Gasteiger partial charge is 0.491 e. The molecular weight excluding hydrogens is 470 g/mol. The zero-order chi connectivity index (χ0) is 26.1. The quantitative estimate of drug-likeness (QED) is 0.396. The number of aromatic nitrogens is 2. The Labute approximate surface area is 219 Å². The number of hydrogen-bond acceptors (Lipinski definition) is 5. The van der Waals surface area contributed by atoms with E-state index >= 15 is 0 Å². The molecule has 2 aromatic heterocycles. The fourth-order valence-corrected chi connectivity index (χ4v) is 6.09. The Balaban J connectivity index is 1.76. The molecule has 6 nitrogen and oxygen atoms in total. The second-order valence-corrected chi connectivity index (χ2v) is 13.2. The van der Waals surface area contributed by atoms with Crippen molar-refractivity contribution in [3.8, 4) is 5.75 Å². The van der Waals surface area contributed by atoms with Crippen LogP contribution in [0.25, 0.3) is 10.9 Å². The van der Waals surface area contributed by atoms with Gasteiger partial charge in [-0.25, -0.2) is 0 Å². The van der Waals surface area contributed by atoms with Gasteiger partial charge in [-0.15, -0.1) is 11.8 Å². The van der Waals surface area contributed by atoms with Crippen molar-refractivity contribution in [2.45, 2.75) is 88.6 Å². The van der Waals surface area contributed by atoms with Gasteiger partial charge in [-0.2, -0.15) is 0 Å². The summed E-state index contributed by atoms with van der Waals surface area (Å²) in [6.07, 6.45) is 4.35. The van der Waals surface area contributed by atoms with Gasteiger partial charge in [0, 0.05) is 46.8 Å². The molecule has 1 aliphatic rings. The summed E-state index contributed by atoms with van der Waals surface area (Å²) in [6.45, 7) is 13.9. The molecule has 1 N–H and O–H groups in total. The first-order valence-corrected chi connectivity index (χ1v) is 13.6. The molecular formula is C29H39N3O3S. The highest BCUT2D eigenvalue weighted by molar-refractivity contribution is 8.00. The summed E-state index contributed by atoms with van der Waals surface area (Å²) in [5.41, 5.74) is 2.33. The summed E-state index contributed by atoms with van der Waals surface area (Å²) in [7, 11) is 0. The number of benzene rings is 1. The van der Waals surface area contributed by atoms with Gasteiger partial charge in [-0.1, -0.05) is 26.8 Å². The fraction of sp³-hybridized carbons (Fsp3) is 0.517. The van der Waals surface area contributed by atoms with Crippen LogP contribution in [0.4, 0.5) is 0 Å². The second kappa shape index (κ2) is 10.5. The Morgan fingerprint density at radius 1 is 1.19 bits per heavy atom. The van der Waals surface area contributed by atoms with E-state index in [9.17, 15) is 9.90 Å². The number of amides is 1. The Morgan fingerprint density at radius 3 is 2.61 bits per heavy atom. The van der Waals surface area contributed by atoms with E-state index in [1.807, 2.05) is 61.0 Å². The van der Waals surface area contributed by atoms with Gasteiger partial charge in [0.2, 0.25) is 5.91 Å². The number of hydrogen-bond donors (Lipinski definition) is 1. The maximum absolute atomic E-state index is 12.0. The summed E-state index contributed by atoms with van der Waals surface area (Å²) in [6, 6.07) is 12.4. The first kappa shape index (κ1) is 26.6. The molecule has 1 saturated heterocycles. The molecule has 194 valence electrons. The van der Waals surface area contributed by atoms with Gasteiger partial charge in [0.05, 0.1) is 29.4 Å². The molecule has 1 amide bonds. The number of rotatable bonds is 8. The Hall–Kier alpha value is -2.51. The lowest BCUT2D eigenvalue weighted by Crippen LogP contribution is -2.37. The van der Waals surface area contributed by atoms with Crippen molar-refractivity contribution in [2.24, 2.45) is 0 Å². The van der Waals surface area contributed by atoms with Gasteiger partial charge in [0.1, 0.15) is 12.4 Å². The first-order chi connectivity index (χ1) is 16.9. The van der Waals surface area contributed by atoms with E-state index in [0.29, 0.717) is 19.6 Å². The maximum Gasteiger partial charge on any atom is 0.219 e. The van der Waals surface area contributed by atoms with Crippen molar-refractivity contribution in [3.63, 3.8) is 0 Å². The van der Waals surface area contributed by atoms with Crippen LogP contribution in [0.1, 0.15) is 65.8 Å². The third-order valence-electron chi connectivity index (χ3n) is 6.37. The van der Waals surface area contributed by atoms with Crippen molar-refractivity contribution in [1.82, 2.24) is 14.5 Å². The van der Waals surface area contributed by atoms with Gasteiger partial charge in [0.25, 0.3) is 0 Å². The van der Waals surface area contributed by atoms with E-state index < -0.39 is 5.60 Å². The molecule has 1 aliphatic heterocycles. The lowest BCUT2D eigenvalue weighted by Gasteiger charge is -2.23. The molecule has 1 fully saturated rings. The number of fused-ring (bicyclic) bond motifs is 1. The molecule has 0 aliphatic carbocycles. The predicted octanol–water partition coefficient (Wildman–Crippen LogP) is 5.68. The van der Waals surface area contributed by atoms with Gasteiger partial charge < -0.3 is 19.3 Å². The van der Waals surface area contributed by atoms with E-state index in [1.165, 1.54) is 4.90 Å². The monoisotopic (exact) mass is 509 g/mol. The van der Waals surface area contributed by atoms with E-state index in [-0.39, 0.29) is 16.7 Å². The minimum Gasteiger partial charge on any atom is -0.491 e. The van der Waals surface area contributed by atoms with Crippen molar-refractivity contribution >= 4 is 28.6 Å². The van der Waals surface area contributed by atoms with Crippen LogP contribution >= 0.6 is 11.8 Å². The summed E-state index contributed by atoms with van der Waals surface area (Å²) >= 11 is 1.82.